The highest BCUT2D eigenvalue weighted by Gasteiger charge is 2.27. The molecule has 0 aliphatic rings. The van der Waals surface area contributed by atoms with Gasteiger partial charge in [-0.2, -0.15) is 0 Å². The minimum Gasteiger partial charge on any atom is -0.382 e. The number of rotatable bonds is 8. The maximum atomic E-state index is 11.6. The van der Waals surface area contributed by atoms with Gasteiger partial charge in [0.25, 0.3) is 0 Å². The molecule has 0 aliphatic carbocycles. The molecule has 0 aliphatic heterocycles. The van der Waals surface area contributed by atoms with Crippen LogP contribution in [0.15, 0.2) is 24.3 Å². The van der Waals surface area contributed by atoms with Crippen LogP contribution in [0.4, 0.5) is 5.82 Å². The highest BCUT2D eigenvalue weighted by Crippen LogP contribution is 2.34. The van der Waals surface area contributed by atoms with E-state index in [-0.39, 0.29) is 12.0 Å². The number of ether oxygens (including phenoxy) is 1. The van der Waals surface area contributed by atoms with Crippen molar-refractivity contribution in [3.63, 3.8) is 0 Å². The molecule has 0 radical (unpaired) electrons. The van der Waals surface area contributed by atoms with Crippen molar-refractivity contribution in [1.29, 1.82) is 0 Å². The van der Waals surface area contributed by atoms with Gasteiger partial charge in [0.05, 0.1) is 17.1 Å². The molecule has 0 bridgehead atoms. The van der Waals surface area contributed by atoms with Gasteiger partial charge in [0, 0.05) is 12.0 Å². The van der Waals surface area contributed by atoms with Gasteiger partial charge in [0.1, 0.15) is 24.6 Å². The van der Waals surface area contributed by atoms with Crippen LogP contribution in [0.25, 0.3) is 21.9 Å². The van der Waals surface area contributed by atoms with Crippen LogP contribution in [0.2, 0.25) is 0 Å². The van der Waals surface area contributed by atoms with E-state index in [1.165, 1.54) is 0 Å². The van der Waals surface area contributed by atoms with E-state index in [2.05, 4.69) is 23.4 Å². The molecule has 2 atom stereocenters. The van der Waals surface area contributed by atoms with E-state index >= 15 is 0 Å². The summed E-state index contributed by atoms with van der Waals surface area (Å²) in [5, 5.41) is 0.975. The quantitative estimate of drug-likeness (QED) is 0.578. The second kappa shape index (κ2) is 8.30. The van der Waals surface area contributed by atoms with Crippen molar-refractivity contribution in [3.8, 4) is 0 Å². The Bertz CT molecular complexity index is 970. The molecule has 0 saturated carbocycles. The van der Waals surface area contributed by atoms with Crippen LogP contribution in [0, 0.1) is 5.92 Å². The zero-order chi connectivity index (χ0) is 19.6. The maximum absolute atomic E-state index is 11.6. The minimum absolute atomic E-state index is 0.0606. The van der Waals surface area contributed by atoms with E-state index in [4.69, 9.17) is 20.0 Å². The van der Waals surface area contributed by atoms with Crippen molar-refractivity contribution in [2.24, 2.45) is 5.92 Å². The number of hydrogen-bond acceptors (Lipinski definition) is 6. The first-order chi connectivity index (χ1) is 12.9. The first-order valence-electron chi connectivity index (χ1n) is 9.10. The van der Waals surface area contributed by atoms with E-state index in [1.807, 2.05) is 31.2 Å². The first-order valence-corrected chi connectivity index (χ1v) is 10.7. The molecule has 27 heavy (non-hydrogen) atoms. The van der Waals surface area contributed by atoms with E-state index in [0.29, 0.717) is 31.2 Å². The Morgan fingerprint density at radius 3 is 2.67 bits per heavy atom. The van der Waals surface area contributed by atoms with Gasteiger partial charge in [-0.25, -0.2) is 9.97 Å². The molecule has 8 heteroatoms. The van der Waals surface area contributed by atoms with Gasteiger partial charge < -0.3 is 15.0 Å². The fourth-order valence-electron chi connectivity index (χ4n) is 3.27. The minimum atomic E-state index is -1.69. The number of benzene rings is 1. The van der Waals surface area contributed by atoms with Gasteiger partial charge in [0.2, 0.25) is 0 Å². The number of nitrogen functional groups attached to an aromatic ring is 1. The van der Waals surface area contributed by atoms with Crippen LogP contribution in [0.3, 0.4) is 0 Å². The second-order valence-corrected chi connectivity index (χ2v) is 7.93. The highest BCUT2D eigenvalue weighted by atomic mass is 31.1. The van der Waals surface area contributed by atoms with Gasteiger partial charge in [-0.05, 0) is 23.5 Å². The molecule has 0 fully saturated rings. The van der Waals surface area contributed by atoms with E-state index in [9.17, 15) is 4.57 Å². The number of nitrogens with two attached hydrogens (primary N) is 1. The number of para-hydroxylation sites is 1. The molecule has 0 amide bonds. The predicted octanol–water partition coefficient (Wildman–Crippen LogP) is 4.29. The lowest BCUT2D eigenvalue weighted by atomic mass is 10.0. The molecule has 2 aromatic heterocycles. The first kappa shape index (κ1) is 19.7. The van der Waals surface area contributed by atoms with Crippen molar-refractivity contribution in [2.75, 3.05) is 25.6 Å². The summed E-state index contributed by atoms with van der Waals surface area (Å²) in [4.78, 5) is 9.25. The maximum Gasteiger partial charge on any atom is 0.504 e. The van der Waals surface area contributed by atoms with Crippen molar-refractivity contribution in [3.05, 3.63) is 30.1 Å². The van der Waals surface area contributed by atoms with Crippen LogP contribution in [0.1, 0.15) is 32.6 Å². The van der Waals surface area contributed by atoms with Crippen molar-refractivity contribution in [1.82, 2.24) is 14.5 Å². The van der Waals surface area contributed by atoms with Crippen LogP contribution >= 0.6 is 8.03 Å². The number of anilines is 1. The highest BCUT2D eigenvalue weighted by molar-refractivity contribution is 7.38. The third-order valence-electron chi connectivity index (χ3n) is 4.59. The average Bonchev–Trinajstić information content (AvgIpc) is 3.00. The summed E-state index contributed by atoms with van der Waals surface area (Å²) in [6.07, 6.45) is 0. The number of fused-ring (bicyclic) bond motifs is 3. The summed E-state index contributed by atoms with van der Waals surface area (Å²) in [5.41, 5.74) is 8.62. The van der Waals surface area contributed by atoms with Gasteiger partial charge in [0.15, 0.2) is 12.5 Å². The Morgan fingerprint density at radius 2 is 2.00 bits per heavy atom. The Morgan fingerprint density at radius 1 is 1.26 bits per heavy atom. The smallest absolute Gasteiger partial charge is 0.382 e. The van der Waals surface area contributed by atoms with Crippen molar-refractivity contribution >= 4 is 35.8 Å². The van der Waals surface area contributed by atoms with E-state index in [1.54, 1.807) is 6.66 Å². The molecule has 0 saturated heterocycles. The summed E-state index contributed by atoms with van der Waals surface area (Å²) in [6.45, 7) is 9.01. The molecule has 1 aromatic carbocycles. The number of nitrogens with zero attached hydrogens (tertiary/aromatic N) is 3. The predicted molar refractivity (Wildman–Crippen MR) is 108 cm³/mol. The number of hydrogen-bond donors (Lipinski definition) is 1. The molecule has 2 unspecified atom stereocenters. The van der Waals surface area contributed by atoms with Crippen LogP contribution < -0.4 is 5.73 Å². The molecular formula is C19H26N4O3P+. The standard InChI is InChI=1S/C19H26N4O3P/c1-5-25-11-16-22-17-18(13-8-6-7-9-14(13)21-19(17)20)23(16)15(12(2)3)10-26-27(4)24/h6-9,12,15H,5,10-11H2,1-4H3,(H2,20,21)/q+1. The fourth-order valence-corrected chi connectivity index (χ4v) is 3.63. The van der Waals surface area contributed by atoms with Gasteiger partial charge >= 0.3 is 8.03 Å². The monoisotopic (exact) mass is 389 g/mol. The number of imidazole rings is 1. The summed E-state index contributed by atoms with van der Waals surface area (Å²) in [7, 11) is -1.69. The van der Waals surface area contributed by atoms with Crippen LogP contribution in [-0.2, 0) is 20.4 Å². The summed E-state index contributed by atoms with van der Waals surface area (Å²) < 4.78 is 24.9. The Balaban J connectivity index is 2.29. The average molecular weight is 389 g/mol. The van der Waals surface area contributed by atoms with Crippen LogP contribution in [0.5, 0.6) is 0 Å². The van der Waals surface area contributed by atoms with Gasteiger partial charge in [-0.1, -0.05) is 32.0 Å². The second-order valence-electron chi connectivity index (χ2n) is 6.79. The molecule has 0 spiro atoms. The third kappa shape index (κ3) is 3.95. The van der Waals surface area contributed by atoms with E-state index < -0.39 is 8.03 Å². The Kier molecular flexibility index (Phi) is 6.05. The molecule has 2 heterocycles. The largest absolute Gasteiger partial charge is 0.504 e. The summed E-state index contributed by atoms with van der Waals surface area (Å²) in [6, 6.07) is 7.81. The lowest BCUT2D eigenvalue weighted by Crippen LogP contribution is -2.22. The normalized spacial score (nSPS) is 13.6. The molecule has 3 aromatic rings. The van der Waals surface area contributed by atoms with Crippen molar-refractivity contribution < 1.29 is 13.8 Å². The van der Waals surface area contributed by atoms with E-state index in [0.717, 1.165) is 22.2 Å². The van der Waals surface area contributed by atoms with Gasteiger partial charge in [-0.3, -0.25) is 0 Å². The lowest BCUT2D eigenvalue weighted by molar-refractivity contribution is 0.120. The lowest BCUT2D eigenvalue weighted by Gasteiger charge is -2.23. The topological polar surface area (TPSA) is 92.3 Å². The SMILES string of the molecule is CCOCc1nc2c(N)nc3ccccc3c2n1C(CO[P+](C)=O)C(C)C. The Hall–Kier alpha value is -2.08. The number of pyridine rings is 1. The molecule has 3 rings (SSSR count). The third-order valence-corrected chi connectivity index (χ3v) is 5.10. The zero-order valence-electron chi connectivity index (χ0n) is 16.2. The molecule has 7 nitrogen and oxygen atoms in total. The summed E-state index contributed by atoms with van der Waals surface area (Å²) in [5.74, 6) is 1.39. The van der Waals surface area contributed by atoms with Gasteiger partial charge in [-0.15, -0.1) is 4.52 Å². The molecule has 2 N–H and O–H groups in total. The van der Waals surface area contributed by atoms with Crippen LogP contribution in [-0.4, -0.2) is 34.4 Å². The zero-order valence-corrected chi connectivity index (χ0v) is 17.1. The van der Waals surface area contributed by atoms with Crippen molar-refractivity contribution in [2.45, 2.75) is 33.4 Å². The summed E-state index contributed by atoms with van der Waals surface area (Å²) >= 11 is 0. The Labute approximate surface area is 159 Å². The number of aromatic nitrogens is 3. The molecular weight excluding hydrogens is 363 g/mol. The molecule has 144 valence electrons. The fraction of sp³-hybridized carbons (Fsp3) is 0.474.